The van der Waals surface area contributed by atoms with Gasteiger partial charge in [-0.15, -0.1) is 0 Å². The van der Waals surface area contributed by atoms with E-state index in [1.54, 1.807) is 0 Å². The molecule has 1 saturated carbocycles. The van der Waals surface area contributed by atoms with Gasteiger partial charge in [0.2, 0.25) is 5.91 Å². The highest BCUT2D eigenvalue weighted by Gasteiger charge is 2.36. The van der Waals surface area contributed by atoms with Crippen molar-refractivity contribution in [2.24, 2.45) is 5.92 Å². The molecule has 1 rings (SSSR count). The Morgan fingerprint density at radius 1 is 1.42 bits per heavy atom. The third-order valence-corrected chi connectivity index (χ3v) is 1.92. The normalized spacial score (nSPS) is 17.2. The van der Waals surface area contributed by atoms with E-state index < -0.39 is 11.5 Å². The highest BCUT2D eigenvalue weighted by molar-refractivity contribution is 5.88. The summed E-state index contributed by atoms with van der Waals surface area (Å²) >= 11 is 0. The summed E-state index contributed by atoms with van der Waals surface area (Å²) in [5, 5.41) is 11.2. The molecule has 2 N–H and O–H groups in total. The van der Waals surface area contributed by atoms with Crippen molar-refractivity contribution in [2.75, 3.05) is 0 Å². The maximum absolute atomic E-state index is 11.2. The Balaban J connectivity index is 2.47. The summed E-state index contributed by atoms with van der Waals surface area (Å²) < 4.78 is 0. The number of carbonyl (C=O) groups is 2. The van der Waals surface area contributed by atoms with E-state index in [0.717, 1.165) is 12.8 Å². The molecule has 0 aromatic rings. The number of carboxylic acid groups (broad SMARTS) is 1. The van der Waals surface area contributed by atoms with Crippen LogP contribution in [0, 0.1) is 5.92 Å². The van der Waals surface area contributed by atoms with Crippen molar-refractivity contribution in [3.05, 3.63) is 0 Å². The van der Waals surface area contributed by atoms with E-state index in [1.807, 2.05) is 0 Å². The van der Waals surface area contributed by atoms with Crippen LogP contribution in [-0.4, -0.2) is 22.5 Å². The second kappa shape index (κ2) is 2.77. The van der Waals surface area contributed by atoms with Gasteiger partial charge in [-0.05, 0) is 26.7 Å². The van der Waals surface area contributed by atoms with E-state index in [1.165, 1.54) is 13.8 Å². The number of amides is 1. The fourth-order valence-electron chi connectivity index (χ4n) is 0.809. The predicted octanol–water partition coefficient (Wildman–Crippen LogP) is 0.376. The van der Waals surface area contributed by atoms with E-state index in [4.69, 9.17) is 5.11 Å². The molecule has 0 saturated heterocycles. The Morgan fingerprint density at radius 2 is 1.92 bits per heavy atom. The lowest BCUT2D eigenvalue weighted by Crippen LogP contribution is -2.50. The molecular formula is C8H13NO3. The first-order valence-corrected chi connectivity index (χ1v) is 3.99. The van der Waals surface area contributed by atoms with Gasteiger partial charge < -0.3 is 10.4 Å². The molecule has 12 heavy (non-hydrogen) atoms. The molecule has 4 heteroatoms. The minimum Gasteiger partial charge on any atom is -0.480 e. The second-order valence-corrected chi connectivity index (χ2v) is 3.69. The van der Waals surface area contributed by atoms with Gasteiger partial charge in [0, 0.05) is 5.92 Å². The van der Waals surface area contributed by atoms with Gasteiger partial charge in [-0.2, -0.15) is 0 Å². The van der Waals surface area contributed by atoms with Gasteiger partial charge in [0.25, 0.3) is 0 Å². The lowest BCUT2D eigenvalue weighted by molar-refractivity contribution is -0.146. The molecule has 0 radical (unpaired) electrons. The molecule has 0 unspecified atom stereocenters. The number of nitrogens with one attached hydrogen (secondary N) is 1. The fourth-order valence-corrected chi connectivity index (χ4v) is 0.809. The van der Waals surface area contributed by atoms with Crippen molar-refractivity contribution in [1.29, 1.82) is 0 Å². The van der Waals surface area contributed by atoms with Gasteiger partial charge in [-0.3, -0.25) is 4.79 Å². The average Bonchev–Trinajstić information content (AvgIpc) is 2.65. The quantitative estimate of drug-likeness (QED) is 0.645. The Morgan fingerprint density at radius 3 is 2.25 bits per heavy atom. The zero-order valence-electron chi connectivity index (χ0n) is 7.26. The third kappa shape index (κ3) is 1.96. The maximum Gasteiger partial charge on any atom is 0.328 e. The third-order valence-electron chi connectivity index (χ3n) is 1.92. The molecule has 0 aromatic heterocycles. The molecule has 0 bridgehead atoms. The summed E-state index contributed by atoms with van der Waals surface area (Å²) in [6.07, 6.45) is 1.78. The molecule has 0 spiro atoms. The van der Waals surface area contributed by atoms with Gasteiger partial charge in [0.1, 0.15) is 5.54 Å². The van der Waals surface area contributed by atoms with Gasteiger partial charge in [-0.1, -0.05) is 0 Å². The Kier molecular flexibility index (Phi) is 2.08. The molecule has 1 aliphatic carbocycles. The van der Waals surface area contributed by atoms with Crippen LogP contribution >= 0.6 is 0 Å². The van der Waals surface area contributed by atoms with Crippen molar-refractivity contribution in [3.8, 4) is 0 Å². The summed E-state index contributed by atoms with van der Waals surface area (Å²) in [5.74, 6) is -1.08. The average molecular weight is 171 g/mol. The van der Waals surface area contributed by atoms with E-state index in [2.05, 4.69) is 5.32 Å². The van der Waals surface area contributed by atoms with Gasteiger partial charge >= 0.3 is 5.97 Å². The van der Waals surface area contributed by atoms with E-state index in [-0.39, 0.29) is 11.8 Å². The molecule has 0 heterocycles. The van der Waals surface area contributed by atoms with E-state index in [0.29, 0.717) is 0 Å². The van der Waals surface area contributed by atoms with Crippen molar-refractivity contribution in [1.82, 2.24) is 5.32 Å². The second-order valence-electron chi connectivity index (χ2n) is 3.69. The highest BCUT2D eigenvalue weighted by atomic mass is 16.4. The monoisotopic (exact) mass is 171 g/mol. The Bertz CT molecular complexity index is 218. The Labute approximate surface area is 71.0 Å². The summed E-state index contributed by atoms with van der Waals surface area (Å²) in [7, 11) is 0. The largest absolute Gasteiger partial charge is 0.480 e. The number of aliphatic carboxylic acids is 1. The van der Waals surface area contributed by atoms with Crippen LogP contribution in [0.25, 0.3) is 0 Å². The van der Waals surface area contributed by atoms with Crippen molar-refractivity contribution in [3.63, 3.8) is 0 Å². The molecule has 4 nitrogen and oxygen atoms in total. The first-order chi connectivity index (χ1) is 5.43. The van der Waals surface area contributed by atoms with Gasteiger partial charge in [0.15, 0.2) is 0 Å². The SMILES string of the molecule is CC(C)(NC(=O)C1CC1)C(=O)O. The zero-order chi connectivity index (χ0) is 9.35. The van der Waals surface area contributed by atoms with Crippen molar-refractivity contribution in [2.45, 2.75) is 32.2 Å². The number of carbonyl (C=O) groups excluding carboxylic acids is 1. The molecule has 1 fully saturated rings. The van der Waals surface area contributed by atoms with Crippen LogP contribution in [0.15, 0.2) is 0 Å². The fraction of sp³-hybridized carbons (Fsp3) is 0.750. The maximum atomic E-state index is 11.2. The van der Waals surface area contributed by atoms with Crippen LogP contribution in [-0.2, 0) is 9.59 Å². The van der Waals surface area contributed by atoms with Crippen LogP contribution in [0.2, 0.25) is 0 Å². The minimum absolute atomic E-state index is 0.0589. The number of carboxylic acids is 1. The standard InChI is InChI=1S/C8H13NO3/c1-8(2,7(11)12)9-6(10)5-3-4-5/h5H,3-4H2,1-2H3,(H,9,10)(H,11,12). The molecular weight excluding hydrogens is 158 g/mol. The van der Waals surface area contributed by atoms with Crippen LogP contribution in [0.5, 0.6) is 0 Å². The van der Waals surface area contributed by atoms with Crippen LogP contribution < -0.4 is 5.32 Å². The van der Waals surface area contributed by atoms with E-state index >= 15 is 0 Å². The summed E-state index contributed by atoms with van der Waals surface area (Å²) in [5.41, 5.74) is -1.14. The minimum atomic E-state index is -1.14. The number of hydrogen-bond donors (Lipinski definition) is 2. The topological polar surface area (TPSA) is 66.4 Å². The lowest BCUT2D eigenvalue weighted by atomic mass is 10.1. The molecule has 1 aliphatic rings. The number of rotatable bonds is 3. The highest BCUT2D eigenvalue weighted by Crippen LogP contribution is 2.29. The van der Waals surface area contributed by atoms with Crippen molar-refractivity contribution >= 4 is 11.9 Å². The molecule has 0 aromatic carbocycles. The lowest BCUT2D eigenvalue weighted by Gasteiger charge is -2.20. The van der Waals surface area contributed by atoms with E-state index in [9.17, 15) is 9.59 Å². The smallest absolute Gasteiger partial charge is 0.328 e. The Hall–Kier alpha value is -1.06. The first kappa shape index (κ1) is 9.03. The first-order valence-electron chi connectivity index (χ1n) is 3.99. The molecule has 0 aliphatic heterocycles. The van der Waals surface area contributed by atoms with Crippen molar-refractivity contribution < 1.29 is 14.7 Å². The van der Waals surface area contributed by atoms with Gasteiger partial charge in [-0.25, -0.2) is 4.79 Å². The molecule has 0 atom stereocenters. The van der Waals surface area contributed by atoms with Crippen LogP contribution in [0.3, 0.4) is 0 Å². The van der Waals surface area contributed by atoms with Gasteiger partial charge in [0.05, 0.1) is 0 Å². The molecule has 68 valence electrons. The molecule has 1 amide bonds. The number of hydrogen-bond acceptors (Lipinski definition) is 2. The zero-order valence-corrected chi connectivity index (χ0v) is 7.26. The predicted molar refractivity (Wildman–Crippen MR) is 42.6 cm³/mol. The summed E-state index contributed by atoms with van der Waals surface area (Å²) in [6.45, 7) is 2.96. The van der Waals surface area contributed by atoms with Crippen LogP contribution in [0.1, 0.15) is 26.7 Å². The summed E-state index contributed by atoms with van der Waals surface area (Å²) in [6, 6.07) is 0. The summed E-state index contributed by atoms with van der Waals surface area (Å²) in [4.78, 5) is 21.7. The van der Waals surface area contributed by atoms with Crippen LogP contribution in [0.4, 0.5) is 0 Å².